The summed E-state index contributed by atoms with van der Waals surface area (Å²) < 4.78 is 0. The summed E-state index contributed by atoms with van der Waals surface area (Å²) in [5.41, 5.74) is 2.50. The zero-order valence-corrected chi connectivity index (χ0v) is 15.5. The van der Waals surface area contributed by atoms with Crippen LogP contribution in [0.4, 0.5) is 11.4 Å². The number of fused-ring (bicyclic) bond motifs is 1. The molecule has 4 aromatic rings. The van der Waals surface area contributed by atoms with E-state index in [0.29, 0.717) is 12.0 Å². The summed E-state index contributed by atoms with van der Waals surface area (Å²) in [5, 5.41) is 23.9. The fraction of sp³-hybridized carbons (Fsp3) is 0.0417. The molecule has 29 heavy (non-hydrogen) atoms. The molecular weight excluding hydrogens is 364 g/mol. The van der Waals surface area contributed by atoms with Gasteiger partial charge in [0.15, 0.2) is 0 Å². The van der Waals surface area contributed by atoms with Crippen molar-refractivity contribution < 1.29 is 10.0 Å². The van der Waals surface area contributed by atoms with Gasteiger partial charge in [-0.1, -0.05) is 66.7 Å². The zero-order chi connectivity index (χ0) is 20.2. The highest BCUT2D eigenvalue weighted by molar-refractivity contribution is 5.96. The molecule has 4 aromatic carbocycles. The van der Waals surface area contributed by atoms with Gasteiger partial charge in [-0.15, -0.1) is 0 Å². The van der Waals surface area contributed by atoms with E-state index >= 15 is 0 Å². The van der Waals surface area contributed by atoms with Crippen LogP contribution in [0.1, 0.15) is 16.7 Å². The van der Waals surface area contributed by atoms with Crippen molar-refractivity contribution >= 4 is 28.4 Å². The molecule has 0 bridgehead atoms. The van der Waals surface area contributed by atoms with Crippen molar-refractivity contribution in [2.24, 2.45) is 4.99 Å². The predicted octanol–water partition coefficient (Wildman–Crippen LogP) is 5.80. The van der Waals surface area contributed by atoms with Gasteiger partial charge in [0.05, 0.1) is 10.6 Å². The third-order valence-corrected chi connectivity index (χ3v) is 4.74. The van der Waals surface area contributed by atoms with E-state index < -0.39 is 4.92 Å². The number of phenols is 1. The van der Waals surface area contributed by atoms with E-state index in [2.05, 4.69) is 4.99 Å². The molecule has 0 saturated heterocycles. The van der Waals surface area contributed by atoms with Crippen molar-refractivity contribution in [1.29, 1.82) is 0 Å². The molecule has 0 aliphatic carbocycles. The zero-order valence-electron chi connectivity index (χ0n) is 15.5. The second-order valence-electron chi connectivity index (χ2n) is 6.73. The van der Waals surface area contributed by atoms with Gasteiger partial charge in [0.25, 0.3) is 0 Å². The van der Waals surface area contributed by atoms with Crippen LogP contribution in [0.3, 0.4) is 0 Å². The Morgan fingerprint density at radius 2 is 1.62 bits per heavy atom. The average molecular weight is 382 g/mol. The van der Waals surface area contributed by atoms with Crippen LogP contribution in [0, 0.1) is 10.1 Å². The summed E-state index contributed by atoms with van der Waals surface area (Å²) in [6.45, 7) is 0. The summed E-state index contributed by atoms with van der Waals surface area (Å²) in [5.74, 6) is -0.379. The molecule has 0 amide bonds. The minimum atomic E-state index is -0.570. The number of aromatic hydroxyl groups is 1. The van der Waals surface area contributed by atoms with Crippen molar-refractivity contribution in [3.8, 4) is 5.75 Å². The quantitative estimate of drug-likeness (QED) is 0.269. The molecule has 0 radical (unpaired) electrons. The van der Waals surface area contributed by atoms with Gasteiger partial charge in [-0.2, -0.15) is 0 Å². The first-order valence-electron chi connectivity index (χ1n) is 9.18. The highest BCUT2D eigenvalue weighted by Gasteiger charge is 2.18. The van der Waals surface area contributed by atoms with Crippen LogP contribution in [-0.2, 0) is 6.42 Å². The minimum absolute atomic E-state index is 0.318. The maximum atomic E-state index is 11.4. The Hall–Kier alpha value is -3.99. The molecule has 0 unspecified atom stereocenters. The maximum absolute atomic E-state index is 11.4. The van der Waals surface area contributed by atoms with Gasteiger partial charge < -0.3 is 5.11 Å². The predicted molar refractivity (Wildman–Crippen MR) is 115 cm³/mol. The average Bonchev–Trinajstić information content (AvgIpc) is 2.74. The molecule has 5 heteroatoms. The van der Waals surface area contributed by atoms with Crippen LogP contribution in [0.15, 0.2) is 89.9 Å². The first-order valence-corrected chi connectivity index (χ1v) is 9.18. The molecule has 0 aliphatic rings. The fourth-order valence-corrected chi connectivity index (χ4v) is 3.33. The smallest absolute Gasteiger partial charge is 0.311 e. The summed E-state index contributed by atoms with van der Waals surface area (Å²) in [4.78, 5) is 15.4. The lowest BCUT2D eigenvalue weighted by Gasteiger charge is -2.07. The SMILES string of the molecule is O=[N+]([O-])c1cc(Cc2ccccc2)cc(C=Nc2cccc3ccccc23)c1O. The van der Waals surface area contributed by atoms with E-state index in [1.807, 2.05) is 72.8 Å². The minimum Gasteiger partial charge on any atom is -0.502 e. The van der Waals surface area contributed by atoms with E-state index in [4.69, 9.17) is 0 Å². The third-order valence-electron chi connectivity index (χ3n) is 4.74. The van der Waals surface area contributed by atoms with Crippen LogP contribution < -0.4 is 0 Å². The number of nitro benzene ring substituents is 1. The lowest BCUT2D eigenvalue weighted by molar-refractivity contribution is -0.385. The highest BCUT2D eigenvalue weighted by atomic mass is 16.6. The normalized spacial score (nSPS) is 11.2. The Labute approximate surface area is 167 Å². The molecule has 0 fully saturated rings. The van der Waals surface area contributed by atoms with Crippen molar-refractivity contribution in [3.05, 3.63) is 112 Å². The molecule has 0 aromatic heterocycles. The van der Waals surface area contributed by atoms with E-state index in [1.165, 1.54) is 12.3 Å². The molecule has 0 aliphatic heterocycles. The highest BCUT2D eigenvalue weighted by Crippen LogP contribution is 2.32. The molecule has 0 saturated carbocycles. The van der Waals surface area contributed by atoms with Crippen molar-refractivity contribution in [2.75, 3.05) is 0 Å². The van der Waals surface area contributed by atoms with Gasteiger partial charge >= 0.3 is 5.69 Å². The van der Waals surface area contributed by atoms with Gasteiger partial charge in [0.1, 0.15) is 0 Å². The van der Waals surface area contributed by atoms with E-state index in [1.54, 1.807) is 6.07 Å². The Morgan fingerprint density at radius 1 is 0.897 bits per heavy atom. The largest absolute Gasteiger partial charge is 0.502 e. The number of nitro groups is 1. The summed E-state index contributed by atoms with van der Waals surface area (Å²) in [7, 11) is 0. The Morgan fingerprint density at radius 3 is 2.41 bits per heavy atom. The number of rotatable bonds is 5. The van der Waals surface area contributed by atoms with Gasteiger partial charge in [-0.25, -0.2) is 0 Å². The second-order valence-corrected chi connectivity index (χ2v) is 6.73. The molecule has 0 heterocycles. The van der Waals surface area contributed by atoms with Gasteiger partial charge in [-0.3, -0.25) is 15.1 Å². The van der Waals surface area contributed by atoms with E-state index in [9.17, 15) is 15.2 Å². The first-order chi connectivity index (χ1) is 14.1. The Balaban J connectivity index is 1.75. The molecular formula is C24H18N2O3. The lowest BCUT2D eigenvalue weighted by Crippen LogP contribution is -1.97. The van der Waals surface area contributed by atoms with Crippen LogP contribution in [0.5, 0.6) is 5.75 Å². The van der Waals surface area contributed by atoms with Crippen molar-refractivity contribution in [1.82, 2.24) is 0 Å². The first kappa shape index (κ1) is 18.4. The third kappa shape index (κ3) is 3.99. The summed E-state index contributed by atoms with van der Waals surface area (Å²) in [6.07, 6.45) is 2.01. The number of phenolic OH excluding ortho intramolecular Hbond substituents is 1. The van der Waals surface area contributed by atoms with Crippen LogP contribution in [-0.4, -0.2) is 16.2 Å². The number of hydrogen-bond donors (Lipinski definition) is 1. The van der Waals surface area contributed by atoms with Crippen LogP contribution in [0.25, 0.3) is 10.8 Å². The van der Waals surface area contributed by atoms with Crippen molar-refractivity contribution in [3.63, 3.8) is 0 Å². The number of hydrogen-bond acceptors (Lipinski definition) is 4. The molecule has 4 rings (SSSR count). The molecule has 5 nitrogen and oxygen atoms in total. The van der Waals surface area contributed by atoms with Crippen LogP contribution >= 0.6 is 0 Å². The monoisotopic (exact) mass is 382 g/mol. The van der Waals surface area contributed by atoms with Gasteiger partial charge in [0.2, 0.25) is 5.75 Å². The van der Waals surface area contributed by atoms with E-state index in [0.717, 1.165) is 27.6 Å². The fourth-order valence-electron chi connectivity index (χ4n) is 3.33. The van der Waals surface area contributed by atoms with E-state index in [-0.39, 0.29) is 11.4 Å². The van der Waals surface area contributed by atoms with Gasteiger partial charge in [0, 0.05) is 23.2 Å². The van der Waals surface area contributed by atoms with Gasteiger partial charge in [-0.05, 0) is 35.1 Å². The number of aliphatic imine (C=N–C) groups is 1. The summed E-state index contributed by atoms with van der Waals surface area (Å²) >= 11 is 0. The Kier molecular flexibility index (Phi) is 5.03. The number of benzene rings is 4. The molecule has 0 atom stereocenters. The maximum Gasteiger partial charge on any atom is 0.311 e. The number of nitrogens with zero attached hydrogens (tertiary/aromatic N) is 2. The van der Waals surface area contributed by atoms with Crippen LogP contribution in [0.2, 0.25) is 0 Å². The molecule has 1 N–H and O–H groups in total. The molecule has 0 spiro atoms. The Bertz CT molecular complexity index is 1210. The standard InChI is InChI=1S/C24H18N2O3/c27-24-20(16-25-22-12-6-10-19-9-4-5-11-21(19)22)14-18(15-23(24)26(28)29)13-17-7-2-1-3-8-17/h1-12,14-16,27H,13H2. The molecule has 142 valence electrons. The topological polar surface area (TPSA) is 75.7 Å². The summed E-state index contributed by atoms with van der Waals surface area (Å²) in [6, 6.07) is 26.5. The lowest BCUT2D eigenvalue weighted by atomic mass is 10.0. The van der Waals surface area contributed by atoms with Crippen molar-refractivity contribution in [2.45, 2.75) is 6.42 Å². The second kappa shape index (κ2) is 7.94.